The van der Waals surface area contributed by atoms with E-state index < -0.39 is 5.92 Å². The van der Waals surface area contributed by atoms with Crippen LogP contribution in [0.5, 0.6) is 0 Å². The first kappa shape index (κ1) is 13.5. The van der Waals surface area contributed by atoms with E-state index in [1.54, 1.807) is 0 Å². The van der Waals surface area contributed by atoms with E-state index in [-0.39, 0.29) is 18.3 Å². The molecule has 0 aromatic carbocycles. The lowest BCUT2D eigenvalue weighted by Crippen LogP contribution is -2.41. The Morgan fingerprint density at radius 3 is 2.42 bits per heavy atom. The second-order valence-corrected chi connectivity index (χ2v) is 7.24. The summed E-state index contributed by atoms with van der Waals surface area (Å²) in [5.41, 5.74) is 7.26. The van der Waals surface area contributed by atoms with Gasteiger partial charge in [-0.15, -0.1) is 11.3 Å². The van der Waals surface area contributed by atoms with Gasteiger partial charge < -0.3 is 5.73 Å². The van der Waals surface area contributed by atoms with Crippen molar-refractivity contribution in [3.05, 3.63) is 21.4 Å². The molecule has 2 aliphatic carbocycles. The fourth-order valence-corrected chi connectivity index (χ4v) is 4.91. The predicted molar refractivity (Wildman–Crippen MR) is 75.1 cm³/mol. The van der Waals surface area contributed by atoms with Crippen LogP contribution >= 0.6 is 11.3 Å². The van der Waals surface area contributed by atoms with Crippen LogP contribution in [0.1, 0.15) is 53.8 Å². The van der Waals surface area contributed by atoms with Crippen LogP contribution in [0.3, 0.4) is 0 Å². The van der Waals surface area contributed by atoms with Crippen LogP contribution in [0, 0.1) is 0 Å². The van der Waals surface area contributed by atoms with Gasteiger partial charge in [-0.05, 0) is 50.2 Å². The van der Waals surface area contributed by atoms with Crippen molar-refractivity contribution >= 4 is 11.3 Å². The topological polar surface area (TPSA) is 26.0 Å². The van der Waals surface area contributed by atoms with Crippen LogP contribution in [0.15, 0.2) is 6.07 Å². The van der Waals surface area contributed by atoms with E-state index >= 15 is 0 Å². The number of nitrogens with two attached hydrogens (primary N) is 1. The van der Waals surface area contributed by atoms with Gasteiger partial charge in [-0.25, -0.2) is 8.78 Å². The fourth-order valence-electron chi connectivity index (χ4n) is 3.40. The number of halogens is 2. The summed E-state index contributed by atoms with van der Waals surface area (Å²) in [5, 5.41) is 0. The van der Waals surface area contributed by atoms with Gasteiger partial charge in [0.25, 0.3) is 0 Å². The van der Waals surface area contributed by atoms with Gasteiger partial charge in [0.05, 0.1) is 0 Å². The van der Waals surface area contributed by atoms with Crippen LogP contribution in [0.25, 0.3) is 0 Å². The van der Waals surface area contributed by atoms with Crippen molar-refractivity contribution in [1.82, 2.24) is 0 Å². The van der Waals surface area contributed by atoms with Crippen LogP contribution in [-0.4, -0.2) is 12.5 Å². The van der Waals surface area contributed by atoms with Crippen molar-refractivity contribution in [2.45, 2.75) is 62.7 Å². The Hall–Kier alpha value is -0.480. The van der Waals surface area contributed by atoms with Crippen molar-refractivity contribution in [2.75, 3.05) is 6.54 Å². The van der Waals surface area contributed by atoms with Gasteiger partial charge in [0.1, 0.15) is 0 Å². The molecule has 0 unspecified atom stereocenters. The van der Waals surface area contributed by atoms with Gasteiger partial charge in [0, 0.05) is 34.6 Å². The number of thiophene rings is 1. The lowest BCUT2D eigenvalue weighted by molar-refractivity contribution is -0.0504. The third kappa shape index (κ3) is 2.45. The Kier molecular flexibility index (Phi) is 3.42. The molecule has 0 atom stereocenters. The van der Waals surface area contributed by atoms with Crippen molar-refractivity contribution in [2.24, 2.45) is 5.73 Å². The first-order valence-corrected chi connectivity index (χ1v) is 8.06. The minimum absolute atomic E-state index is 0.00718. The third-order valence-electron chi connectivity index (χ3n) is 4.85. The molecule has 0 bridgehead atoms. The zero-order valence-electron chi connectivity index (χ0n) is 11.2. The summed E-state index contributed by atoms with van der Waals surface area (Å²) in [6.45, 7) is 0.502. The first-order valence-electron chi connectivity index (χ1n) is 7.25. The molecule has 1 aromatic heterocycles. The van der Waals surface area contributed by atoms with Gasteiger partial charge in [-0.3, -0.25) is 0 Å². The molecule has 2 N–H and O–H groups in total. The highest BCUT2D eigenvalue weighted by Crippen LogP contribution is 2.48. The Labute approximate surface area is 117 Å². The van der Waals surface area contributed by atoms with E-state index in [1.165, 1.54) is 28.2 Å². The number of alkyl halides is 2. The second-order valence-electron chi connectivity index (χ2n) is 6.11. The monoisotopic (exact) mass is 285 g/mol. The molecule has 1 aromatic rings. The molecular formula is C15H21F2NS. The molecule has 0 aliphatic heterocycles. The highest BCUT2D eigenvalue weighted by atomic mass is 32.1. The smallest absolute Gasteiger partial charge is 0.248 e. The summed E-state index contributed by atoms with van der Waals surface area (Å²) < 4.78 is 26.8. The molecule has 19 heavy (non-hydrogen) atoms. The van der Waals surface area contributed by atoms with Gasteiger partial charge >= 0.3 is 0 Å². The van der Waals surface area contributed by atoms with E-state index in [1.807, 2.05) is 11.3 Å². The molecule has 1 nitrogen and oxygen atoms in total. The molecule has 3 rings (SSSR count). The van der Waals surface area contributed by atoms with Crippen molar-refractivity contribution in [1.29, 1.82) is 0 Å². The Balaban J connectivity index is 1.88. The maximum Gasteiger partial charge on any atom is 0.248 e. The SMILES string of the molecule is NCC1(c2cc3c(s2)CCCC3)CCC(F)(F)CC1. The molecule has 0 saturated heterocycles. The highest BCUT2D eigenvalue weighted by Gasteiger charge is 2.44. The summed E-state index contributed by atoms with van der Waals surface area (Å²) in [6, 6.07) is 2.27. The van der Waals surface area contributed by atoms with Crippen molar-refractivity contribution in [3.63, 3.8) is 0 Å². The van der Waals surface area contributed by atoms with E-state index in [0.29, 0.717) is 19.4 Å². The molecule has 1 heterocycles. The predicted octanol–water partition coefficient (Wildman–Crippen LogP) is 4.03. The highest BCUT2D eigenvalue weighted by molar-refractivity contribution is 7.12. The maximum atomic E-state index is 13.4. The zero-order chi connectivity index (χ0) is 13.5. The van der Waals surface area contributed by atoms with Gasteiger partial charge in [0.2, 0.25) is 5.92 Å². The van der Waals surface area contributed by atoms with E-state index in [9.17, 15) is 8.78 Å². The van der Waals surface area contributed by atoms with Gasteiger partial charge in [0.15, 0.2) is 0 Å². The average molecular weight is 285 g/mol. The van der Waals surface area contributed by atoms with Crippen LogP contribution in [0.4, 0.5) is 8.78 Å². The Morgan fingerprint density at radius 2 is 1.79 bits per heavy atom. The molecule has 0 spiro atoms. The quantitative estimate of drug-likeness (QED) is 0.872. The molecule has 1 fully saturated rings. The maximum absolute atomic E-state index is 13.4. The standard InChI is InChI=1S/C15H21F2NS/c16-15(17)7-5-14(10-18,6-8-15)13-9-11-3-1-2-4-12(11)19-13/h9H,1-8,10,18H2. The minimum Gasteiger partial charge on any atom is -0.330 e. The Bertz CT molecular complexity index is 433. The number of hydrogen-bond acceptors (Lipinski definition) is 2. The molecule has 0 radical (unpaired) electrons. The number of fused-ring (bicyclic) bond motifs is 1. The van der Waals surface area contributed by atoms with Crippen molar-refractivity contribution in [3.8, 4) is 0 Å². The number of aryl methyl sites for hydroxylation is 2. The summed E-state index contributed by atoms with van der Waals surface area (Å²) >= 11 is 1.84. The summed E-state index contributed by atoms with van der Waals surface area (Å²) in [5.74, 6) is -2.48. The molecule has 0 amide bonds. The zero-order valence-corrected chi connectivity index (χ0v) is 12.0. The second kappa shape index (κ2) is 4.81. The molecular weight excluding hydrogens is 264 g/mol. The summed E-state index contributed by atoms with van der Waals surface area (Å²) in [4.78, 5) is 2.75. The van der Waals surface area contributed by atoms with E-state index in [0.717, 1.165) is 12.8 Å². The molecule has 106 valence electrons. The van der Waals surface area contributed by atoms with Crippen LogP contribution < -0.4 is 5.73 Å². The number of hydrogen-bond donors (Lipinski definition) is 1. The van der Waals surface area contributed by atoms with Crippen molar-refractivity contribution < 1.29 is 8.78 Å². The van der Waals surface area contributed by atoms with Gasteiger partial charge in [-0.1, -0.05) is 0 Å². The van der Waals surface area contributed by atoms with Gasteiger partial charge in [-0.2, -0.15) is 0 Å². The van der Waals surface area contributed by atoms with E-state index in [4.69, 9.17) is 5.73 Å². The average Bonchev–Trinajstić information content (AvgIpc) is 2.84. The van der Waals surface area contributed by atoms with Crippen LogP contribution in [-0.2, 0) is 18.3 Å². The lowest BCUT2D eigenvalue weighted by atomic mass is 9.71. The number of rotatable bonds is 2. The minimum atomic E-state index is -2.48. The third-order valence-corrected chi connectivity index (χ3v) is 6.33. The molecule has 1 saturated carbocycles. The Morgan fingerprint density at radius 1 is 1.11 bits per heavy atom. The molecule has 4 heteroatoms. The van der Waals surface area contributed by atoms with Crippen LogP contribution in [0.2, 0.25) is 0 Å². The normalized spacial score (nSPS) is 25.0. The summed E-state index contributed by atoms with van der Waals surface area (Å²) in [6.07, 6.45) is 5.91. The first-order chi connectivity index (χ1) is 9.05. The fraction of sp³-hybridized carbons (Fsp3) is 0.733. The lowest BCUT2D eigenvalue weighted by Gasteiger charge is -2.38. The summed E-state index contributed by atoms with van der Waals surface area (Å²) in [7, 11) is 0. The largest absolute Gasteiger partial charge is 0.330 e. The molecule has 2 aliphatic rings. The van der Waals surface area contributed by atoms with E-state index in [2.05, 4.69) is 6.07 Å².